The Morgan fingerprint density at radius 1 is 1.18 bits per heavy atom. The number of nitrogens with one attached hydrogen (secondary N) is 1. The van der Waals surface area contributed by atoms with Crippen LogP contribution in [-0.2, 0) is 0 Å². The fourth-order valence-electron chi connectivity index (χ4n) is 1.60. The van der Waals surface area contributed by atoms with Crippen LogP contribution < -0.4 is 5.73 Å². The number of nitrogen functional groups attached to an aromatic ring is 1. The second kappa shape index (κ2) is 4.06. The smallest absolute Gasteiger partial charge is 0.188 e. The van der Waals surface area contributed by atoms with Crippen LogP contribution >= 0.6 is 11.8 Å². The first-order chi connectivity index (χ1) is 8.34. The van der Waals surface area contributed by atoms with Crippen LogP contribution in [0.4, 0.5) is 5.69 Å². The average molecular weight is 243 g/mol. The Kier molecular flexibility index (Phi) is 2.41. The van der Waals surface area contributed by atoms with E-state index in [4.69, 9.17) is 5.73 Å². The molecule has 0 aliphatic rings. The van der Waals surface area contributed by atoms with Gasteiger partial charge in [0.15, 0.2) is 5.16 Å². The highest BCUT2D eigenvalue weighted by molar-refractivity contribution is 7.99. The van der Waals surface area contributed by atoms with Gasteiger partial charge < -0.3 is 5.73 Å². The Bertz CT molecular complexity index is 650. The molecule has 1 aromatic carbocycles. The zero-order valence-electron chi connectivity index (χ0n) is 8.79. The molecule has 3 aromatic rings. The lowest BCUT2D eigenvalue weighted by atomic mass is 10.2. The lowest BCUT2D eigenvalue weighted by molar-refractivity contribution is 0.973. The van der Waals surface area contributed by atoms with E-state index in [0.29, 0.717) is 0 Å². The van der Waals surface area contributed by atoms with Gasteiger partial charge in [-0.05, 0) is 36.0 Å². The highest BCUT2D eigenvalue weighted by Gasteiger charge is 2.07. The number of nitrogens with two attached hydrogens (primary N) is 1. The van der Waals surface area contributed by atoms with Crippen molar-refractivity contribution >= 4 is 28.4 Å². The van der Waals surface area contributed by atoms with Crippen molar-refractivity contribution in [2.75, 3.05) is 5.73 Å². The second-order valence-corrected chi connectivity index (χ2v) is 4.48. The zero-order chi connectivity index (χ0) is 11.7. The Morgan fingerprint density at radius 2 is 2.12 bits per heavy atom. The SMILES string of the molecule is Nc1ccc(Sc2ncn[nH]2)c2ncccc12. The predicted molar refractivity (Wildman–Crippen MR) is 66.7 cm³/mol. The van der Waals surface area contributed by atoms with Gasteiger partial charge in [-0.15, -0.1) is 0 Å². The van der Waals surface area contributed by atoms with Gasteiger partial charge in [0.25, 0.3) is 0 Å². The van der Waals surface area contributed by atoms with E-state index < -0.39 is 0 Å². The molecule has 6 heteroatoms. The number of aromatic amines is 1. The largest absolute Gasteiger partial charge is 0.398 e. The Morgan fingerprint density at radius 3 is 2.94 bits per heavy atom. The van der Waals surface area contributed by atoms with Crippen molar-refractivity contribution in [3.63, 3.8) is 0 Å². The van der Waals surface area contributed by atoms with E-state index in [1.165, 1.54) is 18.1 Å². The third kappa shape index (κ3) is 1.83. The first-order valence-corrected chi connectivity index (χ1v) is 5.82. The summed E-state index contributed by atoms with van der Waals surface area (Å²) in [6.45, 7) is 0. The molecule has 0 amide bonds. The van der Waals surface area contributed by atoms with Gasteiger partial charge in [0.2, 0.25) is 0 Å². The van der Waals surface area contributed by atoms with E-state index in [-0.39, 0.29) is 0 Å². The van der Waals surface area contributed by atoms with Crippen LogP contribution in [0.2, 0.25) is 0 Å². The quantitative estimate of drug-likeness (QED) is 0.673. The van der Waals surface area contributed by atoms with Gasteiger partial charge in [-0.1, -0.05) is 0 Å². The molecular formula is C11H9N5S. The highest BCUT2D eigenvalue weighted by Crippen LogP contribution is 2.32. The fourth-order valence-corrected chi connectivity index (χ4v) is 2.40. The minimum absolute atomic E-state index is 0.731. The van der Waals surface area contributed by atoms with Crippen molar-refractivity contribution in [1.29, 1.82) is 0 Å². The van der Waals surface area contributed by atoms with Crippen LogP contribution in [0.3, 0.4) is 0 Å². The third-order valence-corrected chi connectivity index (χ3v) is 3.31. The number of benzene rings is 1. The molecule has 0 saturated carbocycles. The number of pyridine rings is 1. The minimum atomic E-state index is 0.731. The molecule has 17 heavy (non-hydrogen) atoms. The molecule has 0 spiro atoms. The number of nitrogens with zero attached hydrogens (tertiary/aromatic N) is 3. The number of anilines is 1. The number of aromatic nitrogens is 4. The minimum Gasteiger partial charge on any atom is -0.398 e. The van der Waals surface area contributed by atoms with E-state index in [1.54, 1.807) is 6.20 Å². The summed E-state index contributed by atoms with van der Waals surface area (Å²) in [5, 5.41) is 8.31. The van der Waals surface area contributed by atoms with Gasteiger partial charge in [-0.25, -0.2) is 4.98 Å². The topological polar surface area (TPSA) is 80.5 Å². The van der Waals surface area contributed by atoms with Crippen LogP contribution in [-0.4, -0.2) is 20.2 Å². The lowest BCUT2D eigenvalue weighted by Crippen LogP contribution is -1.90. The molecule has 0 atom stereocenters. The molecule has 0 radical (unpaired) electrons. The first-order valence-electron chi connectivity index (χ1n) is 5.01. The van der Waals surface area contributed by atoms with Gasteiger partial charge in [-0.2, -0.15) is 5.10 Å². The van der Waals surface area contributed by atoms with E-state index in [9.17, 15) is 0 Å². The molecule has 0 fully saturated rings. The van der Waals surface area contributed by atoms with Crippen LogP contribution in [0.15, 0.2) is 46.8 Å². The van der Waals surface area contributed by atoms with Gasteiger partial charge in [0, 0.05) is 22.2 Å². The van der Waals surface area contributed by atoms with E-state index >= 15 is 0 Å². The first kappa shape index (κ1) is 10.1. The molecule has 0 saturated heterocycles. The fraction of sp³-hybridized carbons (Fsp3) is 0. The van der Waals surface area contributed by atoms with Crippen molar-refractivity contribution < 1.29 is 0 Å². The molecule has 0 aliphatic heterocycles. The predicted octanol–water partition coefficient (Wildman–Crippen LogP) is 2.09. The average Bonchev–Trinajstić information content (AvgIpc) is 2.86. The van der Waals surface area contributed by atoms with E-state index in [1.807, 2.05) is 24.3 Å². The molecule has 84 valence electrons. The Hall–Kier alpha value is -2.08. The molecule has 3 N–H and O–H groups in total. The molecule has 2 aromatic heterocycles. The monoisotopic (exact) mass is 243 g/mol. The number of H-pyrrole nitrogens is 1. The number of rotatable bonds is 2. The number of fused-ring (bicyclic) bond motifs is 1. The summed E-state index contributed by atoms with van der Waals surface area (Å²) in [6.07, 6.45) is 3.24. The zero-order valence-corrected chi connectivity index (χ0v) is 9.61. The summed E-state index contributed by atoms with van der Waals surface area (Å²) in [6, 6.07) is 7.66. The lowest BCUT2D eigenvalue weighted by Gasteiger charge is -2.05. The van der Waals surface area contributed by atoms with Crippen molar-refractivity contribution in [3.8, 4) is 0 Å². The number of hydrogen-bond acceptors (Lipinski definition) is 5. The summed E-state index contributed by atoms with van der Waals surface area (Å²) in [4.78, 5) is 9.44. The van der Waals surface area contributed by atoms with Gasteiger partial charge in [-0.3, -0.25) is 10.1 Å². The van der Waals surface area contributed by atoms with Crippen molar-refractivity contribution in [2.45, 2.75) is 10.1 Å². The molecule has 2 heterocycles. The van der Waals surface area contributed by atoms with Crippen LogP contribution in [0.25, 0.3) is 10.9 Å². The third-order valence-electron chi connectivity index (χ3n) is 2.37. The molecular weight excluding hydrogens is 234 g/mol. The van der Waals surface area contributed by atoms with E-state index in [0.717, 1.165) is 26.6 Å². The van der Waals surface area contributed by atoms with E-state index in [2.05, 4.69) is 20.2 Å². The van der Waals surface area contributed by atoms with Gasteiger partial charge >= 0.3 is 0 Å². The van der Waals surface area contributed by atoms with Crippen LogP contribution in [0, 0.1) is 0 Å². The standard InChI is InChI=1S/C11H9N5S/c12-8-3-4-9(17-11-14-6-15-16-11)10-7(8)2-1-5-13-10/h1-6H,12H2,(H,14,15,16). The molecule has 3 rings (SSSR count). The molecule has 5 nitrogen and oxygen atoms in total. The van der Waals surface area contributed by atoms with Gasteiger partial charge in [0.05, 0.1) is 5.52 Å². The summed E-state index contributed by atoms with van der Waals surface area (Å²) < 4.78 is 0. The molecule has 0 aliphatic carbocycles. The van der Waals surface area contributed by atoms with Crippen LogP contribution in [0.5, 0.6) is 0 Å². The summed E-state index contributed by atoms with van der Waals surface area (Å²) in [5.41, 5.74) is 7.53. The maximum absolute atomic E-state index is 5.91. The Balaban J connectivity index is 2.14. The highest BCUT2D eigenvalue weighted by atomic mass is 32.2. The Labute approximate surface area is 101 Å². The van der Waals surface area contributed by atoms with Crippen molar-refractivity contribution in [1.82, 2.24) is 20.2 Å². The number of hydrogen-bond donors (Lipinski definition) is 2. The molecule has 0 unspecified atom stereocenters. The van der Waals surface area contributed by atoms with Gasteiger partial charge in [0.1, 0.15) is 6.33 Å². The second-order valence-electron chi connectivity index (χ2n) is 3.45. The summed E-state index contributed by atoms with van der Waals surface area (Å²) >= 11 is 1.49. The van der Waals surface area contributed by atoms with Crippen molar-refractivity contribution in [3.05, 3.63) is 36.8 Å². The van der Waals surface area contributed by atoms with Crippen molar-refractivity contribution in [2.24, 2.45) is 0 Å². The molecule has 0 bridgehead atoms. The maximum Gasteiger partial charge on any atom is 0.188 e. The summed E-state index contributed by atoms with van der Waals surface area (Å²) in [7, 11) is 0. The maximum atomic E-state index is 5.91. The normalized spacial score (nSPS) is 10.8. The summed E-state index contributed by atoms with van der Waals surface area (Å²) in [5.74, 6) is 0. The van der Waals surface area contributed by atoms with Crippen LogP contribution in [0.1, 0.15) is 0 Å².